The second-order valence-electron chi connectivity index (χ2n) is 6.79. The molecular formula is C22H28O6. The second-order valence-corrected chi connectivity index (χ2v) is 6.79. The number of hydrogen-bond donors (Lipinski definition) is 2. The molecule has 1 saturated heterocycles. The molecule has 6 nitrogen and oxygen atoms in total. The zero-order valence-corrected chi connectivity index (χ0v) is 16.0. The Labute approximate surface area is 165 Å². The fraction of sp³-hybridized carbons (Fsp3) is 0.455. The average Bonchev–Trinajstić information content (AvgIpc) is 2.73. The summed E-state index contributed by atoms with van der Waals surface area (Å²) in [7, 11) is 0. The van der Waals surface area contributed by atoms with Crippen molar-refractivity contribution in [1.29, 1.82) is 0 Å². The molecule has 1 aliphatic rings. The standard InChI is InChI=1S/C22H28O6/c1-2-13-26-21-19(23)18(15-25-14-16-9-5-3-6-10-16)28-22(20(21)24)27-17-11-7-4-8-12-17/h3-12,18-24H,2,13-15H2,1H3. The summed E-state index contributed by atoms with van der Waals surface area (Å²) in [5, 5.41) is 21.3. The van der Waals surface area contributed by atoms with E-state index in [1.807, 2.05) is 55.5 Å². The molecule has 0 aromatic heterocycles. The fourth-order valence-electron chi connectivity index (χ4n) is 3.09. The van der Waals surface area contributed by atoms with E-state index in [1.165, 1.54) is 0 Å². The number of hydrogen-bond acceptors (Lipinski definition) is 6. The fourth-order valence-corrected chi connectivity index (χ4v) is 3.09. The summed E-state index contributed by atoms with van der Waals surface area (Å²) >= 11 is 0. The van der Waals surface area contributed by atoms with Gasteiger partial charge in [-0.15, -0.1) is 0 Å². The van der Waals surface area contributed by atoms with E-state index in [9.17, 15) is 10.2 Å². The van der Waals surface area contributed by atoms with E-state index in [1.54, 1.807) is 12.1 Å². The van der Waals surface area contributed by atoms with Gasteiger partial charge in [-0.3, -0.25) is 0 Å². The molecule has 6 heteroatoms. The minimum atomic E-state index is -1.12. The molecule has 2 aromatic rings. The van der Waals surface area contributed by atoms with Crippen molar-refractivity contribution in [2.24, 2.45) is 0 Å². The van der Waals surface area contributed by atoms with Crippen LogP contribution in [0.4, 0.5) is 0 Å². The third-order valence-corrected chi connectivity index (χ3v) is 4.55. The lowest BCUT2D eigenvalue weighted by molar-refractivity contribution is -0.288. The van der Waals surface area contributed by atoms with Gasteiger partial charge in [-0.1, -0.05) is 55.5 Å². The highest BCUT2D eigenvalue weighted by Crippen LogP contribution is 2.26. The Morgan fingerprint density at radius 1 is 0.929 bits per heavy atom. The SMILES string of the molecule is CCCOC1C(O)C(COCc2ccccc2)OC(Oc2ccccc2)C1O. The van der Waals surface area contributed by atoms with Gasteiger partial charge >= 0.3 is 0 Å². The van der Waals surface area contributed by atoms with Crippen LogP contribution in [-0.2, 0) is 20.8 Å². The Morgan fingerprint density at radius 2 is 1.61 bits per heavy atom. The van der Waals surface area contributed by atoms with Crippen LogP contribution < -0.4 is 4.74 Å². The summed E-state index contributed by atoms with van der Waals surface area (Å²) in [6.07, 6.45) is -3.82. The third kappa shape index (κ3) is 5.53. The highest BCUT2D eigenvalue weighted by atomic mass is 16.7. The molecule has 1 fully saturated rings. The lowest BCUT2D eigenvalue weighted by Crippen LogP contribution is -2.61. The summed E-state index contributed by atoms with van der Waals surface area (Å²) in [4.78, 5) is 0. The molecule has 3 rings (SSSR count). The van der Waals surface area contributed by atoms with E-state index in [0.29, 0.717) is 19.0 Å². The molecule has 2 N–H and O–H groups in total. The number of aliphatic hydroxyl groups is 2. The highest BCUT2D eigenvalue weighted by molar-refractivity contribution is 5.21. The van der Waals surface area contributed by atoms with Gasteiger partial charge in [-0.25, -0.2) is 0 Å². The van der Waals surface area contributed by atoms with Crippen molar-refractivity contribution in [2.75, 3.05) is 13.2 Å². The second kappa shape index (κ2) is 10.5. The van der Waals surface area contributed by atoms with Crippen molar-refractivity contribution in [2.45, 2.75) is 50.7 Å². The number of benzene rings is 2. The van der Waals surface area contributed by atoms with Crippen LogP contribution in [0.3, 0.4) is 0 Å². The van der Waals surface area contributed by atoms with Gasteiger partial charge in [0.25, 0.3) is 0 Å². The Hall–Kier alpha value is -1.96. The summed E-state index contributed by atoms with van der Waals surface area (Å²) in [5.41, 5.74) is 1.03. The largest absolute Gasteiger partial charge is 0.462 e. The van der Waals surface area contributed by atoms with Crippen LogP contribution in [0.25, 0.3) is 0 Å². The predicted molar refractivity (Wildman–Crippen MR) is 104 cm³/mol. The molecule has 0 bridgehead atoms. The van der Waals surface area contributed by atoms with Crippen LogP contribution in [0.15, 0.2) is 60.7 Å². The molecule has 28 heavy (non-hydrogen) atoms. The zero-order valence-electron chi connectivity index (χ0n) is 16.0. The van der Waals surface area contributed by atoms with Crippen molar-refractivity contribution >= 4 is 0 Å². The van der Waals surface area contributed by atoms with Crippen LogP contribution in [0, 0.1) is 0 Å². The molecule has 0 amide bonds. The first-order valence-corrected chi connectivity index (χ1v) is 9.65. The van der Waals surface area contributed by atoms with Crippen molar-refractivity contribution in [3.63, 3.8) is 0 Å². The van der Waals surface area contributed by atoms with Crippen molar-refractivity contribution in [1.82, 2.24) is 0 Å². The van der Waals surface area contributed by atoms with E-state index in [2.05, 4.69) is 0 Å². The quantitative estimate of drug-likeness (QED) is 0.687. The summed E-state index contributed by atoms with van der Waals surface area (Å²) in [6.45, 7) is 2.95. The van der Waals surface area contributed by atoms with Crippen LogP contribution in [0.2, 0.25) is 0 Å². The normalized spacial score (nSPS) is 27.5. The first-order chi connectivity index (χ1) is 13.7. The van der Waals surface area contributed by atoms with E-state index in [-0.39, 0.29) is 6.61 Å². The van der Waals surface area contributed by atoms with E-state index < -0.39 is 30.7 Å². The van der Waals surface area contributed by atoms with Gasteiger partial charge in [0.1, 0.15) is 30.2 Å². The van der Waals surface area contributed by atoms with Gasteiger partial charge in [0.2, 0.25) is 6.29 Å². The third-order valence-electron chi connectivity index (χ3n) is 4.55. The maximum atomic E-state index is 10.7. The predicted octanol–water partition coefficient (Wildman–Crippen LogP) is 2.52. The minimum Gasteiger partial charge on any atom is -0.462 e. The Kier molecular flexibility index (Phi) is 7.82. The zero-order chi connectivity index (χ0) is 19.8. The molecule has 0 saturated carbocycles. The summed E-state index contributed by atoms with van der Waals surface area (Å²) in [5.74, 6) is 0.570. The van der Waals surface area contributed by atoms with E-state index >= 15 is 0 Å². The molecule has 0 aliphatic carbocycles. The van der Waals surface area contributed by atoms with Gasteiger partial charge in [0.05, 0.1) is 13.2 Å². The molecule has 0 spiro atoms. The van der Waals surface area contributed by atoms with Gasteiger partial charge in [0.15, 0.2) is 0 Å². The Balaban J connectivity index is 1.65. The van der Waals surface area contributed by atoms with E-state index in [4.69, 9.17) is 18.9 Å². The number of aliphatic hydroxyl groups excluding tert-OH is 2. The van der Waals surface area contributed by atoms with Crippen LogP contribution in [-0.4, -0.2) is 54.1 Å². The smallest absolute Gasteiger partial charge is 0.229 e. The van der Waals surface area contributed by atoms with Gasteiger partial charge in [0, 0.05) is 6.61 Å². The molecule has 2 aromatic carbocycles. The Bertz CT molecular complexity index is 680. The first kappa shape index (κ1) is 20.8. The lowest BCUT2D eigenvalue weighted by atomic mass is 9.99. The lowest BCUT2D eigenvalue weighted by Gasteiger charge is -2.42. The highest BCUT2D eigenvalue weighted by Gasteiger charge is 2.46. The molecule has 1 aliphatic heterocycles. The van der Waals surface area contributed by atoms with Crippen molar-refractivity contribution in [3.05, 3.63) is 66.2 Å². The maximum absolute atomic E-state index is 10.7. The van der Waals surface area contributed by atoms with E-state index in [0.717, 1.165) is 12.0 Å². The van der Waals surface area contributed by atoms with Crippen molar-refractivity contribution in [3.8, 4) is 5.75 Å². The monoisotopic (exact) mass is 388 g/mol. The maximum Gasteiger partial charge on any atom is 0.229 e. The number of para-hydroxylation sites is 1. The topological polar surface area (TPSA) is 77.4 Å². The van der Waals surface area contributed by atoms with Gasteiger partial charge < -0.3 is 29.2 Å². The van der Waals surface area contributed by atoms with Gasteiger partial charge in [-0.2, -0.15) is 0 Å². The molecule has 1 heterocycles. The molecular weight excluding hydrogens is 360 g/mol. The van der Waals surface area contributed by atoms with Crippen LogP contribution in [0.5, 0.6) is 5.75 Å². The Morgan fingerprint density at radius 3 is 2.29 bits per heavy atom. The van der Waals surface area contributed by atoms with Crippen molar-refractivity contribution < 1.29 is 29.2 Å². The van der Waals surface area contributed by atoms with Gasteiger partial charge in [-0.05, 0) is 24.1 Å². The molecule has 0 radical (unpaired) electrons. The summed E-state index contributed by atoms with van der Waals surface area (Å²) < 4.78 is 23.1. The molecule has 5 atom stereocenters. The summed E-state index contributed by atoms with van der Waals surface area (Å²) in [6, 6.07) is 18.9. The minimum absolute atomic E-state index is 0.156. The number of rotatable bonds is 9. The average molecular weight is 388 g/mol. The molecule has 152 valence electrons. The van der Waals surface area contributed by atoms with Crippen LogP contribution >= 0.6 is 0 Å². The number of ether oxygens (including phenoxy) is 4. The first-order valence-electron chi connectivity index (χ1n) is 9.65. The molecule has 5 unspecified atom stereocenters. The van der Waals surface area contributed by atoms with Crippen LogP contribution in [0.1, 0.15) is 18.9 Å².